The molecule has 3 aromatic rings. The van der Waals surface area contributed by atoms with Crippen molar-refractivity contribution in [3.8, 4) is 5.75 Å². The molecular formula is C51H60N3O14S3+. The fourth-order valence-electron chi connectivity index (χ4n) is 9.67. The molecule has 0 bridgehead atoms. The number of fused-ring (bicyclic) bond motifs is 2. The van der Waals surface area contributed by atoms with Crippen molar-refractivity contribution in [2.75, 3.05) is 23.7 Å². The van der Waals surface area contributed by atoms with Gasteiger partial charge in [-0.1, -0.05) is 44.0 Å². The number of aryl methyl sites for hydroxylation is 1. The maximum atomic E-state index is 12.5. The number of ether oxygens (including phenoxy) is 1. The molecule has 1 saturated heterocycles. The number of hydroxylamine groups is 2. The maximum Gasteiger partial charge on any atom is 0.333 e. The average molecular weight is 1040 g/mol. The first-order chi connectivity index (χ1) is 33.3. The number of imide groups is 1. The Morgan fingerprint density at radius 3 is 2.07 bits per heavy atom. The second kappa shape index (κ2) is 20.8. The summed E-state index contributed by atoms with van der Waals surface area (Å²) in [5, 5.41) is 0.562. The van der Waals surface area contributed by atoms with Crippen LogP contribution in [0.25, 0.3) is 0 Å². The van der Waals surface area contributed by atoms with E-state index in [2.05, 4.69) is 43.0 Å². The lowest BCUT2D eigenvalue weighted by molar-refractivity contribution is -0.438. The molecule has 0 atom stereocenters. The summed E-state index contributed by atoms with van der Waals surface area (Å²) in [6.07, 6.45) is 12.4. The molecule has 0 saturated carbocycles. The number of nitrogens with zero attached hydrogens (tertiary/aromatic N) is 3. The first-order valence-corrected chi connectivity index (χ1v) is 28.0. The van der Waals surface area contributed by atoms with Gasteiger partial charge >= 0.3 is 5.97 Å². The van der Waals surface area contributed by atoms with Crippen LogP contribution >= 0.6 is 0 Å². The lowest BCUT2D eigenvalue weighted by Gasteiger charge is -2.27. The third-order valence-electron chi connectivity index (χ3n) is 13.4. The van der Waals surface area contributed by atoms with Crippen LogP contribution in [0.4, 0.5) is 11.4 Å². The second-order valence-corrected chi connectivity index (χ2v) is 23.7. The van der Waals surface area contributed by atoms with Gasteiger partial charge in [-0.25, -0.2) is 4.79 Å². The number of unbranched alkanes of at least 4 members (excludes halogenated alkanes) is 3. The van der Waals surface area contributed by atoms with E-state index in [0.29, 0.717) is 79.4 Å². The highest BCUT2D eigenvalue weighted by atomic mass is 32.2. The van der Waals surface area contributed by atoms with Crippen LogP contribution in [0.1, 0.15) is 115 Å². The zero-order valence-electron chi connectivity index (χ0n) is 40.4. The number of hydrogen-bond donors (Lipinski definition) is 3. The number of anilines is 1. The van der Waals surface area contributed by atoms with E-state index in [1.807, 2.05) is 43.6 Å². The molecule has 3 aliphatic heterocycles. The van der Waals surface area contributed by atoms with Crippen molar-refractivity contribution < 1.29 is 67.4 Å². The number of benzene rings is 3. The van der Waals surface area contributed by atoms with Crippen LogP contribution in [-0.2, 0) is 60.4 Å². The molecule has 380 valence electrons. The van der Waals surface area contributed by atoms with Crippen molar-refractivity contribution in [1.82, 2.24) is 5.06 Å². The molecule has 0 radical (unpaired) electrons. The summed E-state index contributed by atoms with van der Waals surface area (Å²) in [6.45, 7) is 11.2. The molecule has 0 spiro atoms. The van der Waals surface area contributed by atoms with Gasteiger partial charge in [-0.05, 0) is 131 Å². The van der Waals surface area contributed by atoms with Crippen LogP contribution in [0.2, 0.25) is 0 Å². The summed E-state index contributed by atoms with van der Waals surface area (Å²) in [6, 6.07) is 16.1. The van der Waals surface area contributed by atoms with E-state index in [9.17, 15) is 53.3 Å². The zero-order valence-corrected chi connectivity index (χ0v) is 42.8. The number of allylic oxidation sites excluding steroid dienone is 7. The molecular weight excluding hydrogens is 975 g/mol. The molecule has 2 amide bonds. The predicted octanol–water partition coefficient (Wildman–Crippen LogP) is 8.38. The lowest BCUT2D eigenvalue weighted by Crippen LogP contribution is -2.32. The van der Waals surface area contributed by atoms with E-state index < -0.39 is 64.7 Å². The van der Waals surface area contributed by atoms with Crippen LogP contribution in [0, 0.1) is 6.92 Å². The van der Waals surface area contributed by atoms with Crippen molar-refractivity contribution >= 4 is 65.2 Å². The predicted molar refractivity (Wildman–Crippen MR) is 265 cm³/mol. The molecule has 3 aromatic carbocycles. The van der Waals surface area contributed by atoms with Crippen LogP contribution in [-0.4, -0.2) is 90.9 Å². The number of rotatable bonds is 19. The molecule has 0 unspecified atom stereocenters. The van der Waals surface area contributed by atoms with Gasteiger partial charge in [0.1, 0.15) is 18.1 Å². The van der Waals surface area contributed by atoms with Crippen LogP contribution in [0.5, 0.6) is 5.75 Å². The highest BCUT2D eigenvalue weighted by molar-refractivity contribution is 7.86. The topological polar surface area (TPSA) is 242 Å². The molecule has 20 heteroatoms. The summed E-state index contributed by atoms with van der Waals surface area (Å²) < 4.78 is 109. The van der Waals surface area contributed by atoms with E-state index in [1.165, 1.54) is 36.4 Å². The van der Waals surface area contributed by atoms with E-state index in [0.717, 1.165) is 45.8 Å². The molecule has 3 heterocycles. The molecule has 0 aromatic heterocycles. The van der Waals surface area contributed by atoms with Gasteiger partial charge in [-0.15, -0.1) is 5.06 Å². The van der Waals surface area contributed by atoms with Crippen molar-refractivity contribution in [3.63, 3.8) is 0 Å². The third kappa shape index (κ3) is 12.1. The smallest absolute Gasteiger partial charge is 0.333 e. The van der Waals surface area contributed by atoms with Crippen molar-refractivity contribution in [2.24, 2.45) is 0 Å². The molecule has 1 fully saturated rings. The highest BCUT2D eigenvalue weighted by Gasteiger charge is 2.45. The Labute approximate surface area is 415 Å². The summed E-state index contributed by atoms with van der Waals surface area (Å²) in [5.74, 6) is -1.28. The number of carbonyl (C=O) groups excluding carboxylic acids is 3. The Morgan fingerprint density at radius 1 is 0.732 bits per heavy atom. The van der Waals surface area contributed by atoms with E-state index in [1.54, 1.807) is 6.07 Å². The Kier molecular flexibility index (Phi) is 15.5. The van der Waals surface area contributed by atoms with Crippen molar-refractivity contribution in [1.29, 1.82) is 0 Å². The molecule has 7 rings (SSSR count). The summed E-state index contributed by atoms with van der Waals surface area (Å²) in [5.41, 5.74) is 6.75. The normalized spacial score (nSPS) is 19.2. The first kappa shape index (κ1) is 53.0. The summed E-state index contributed by atoms with van der Waals surface area (Å²) in [4.78, 5) is 43.1. The quantitative estimate of drug-likeness (QED) is 0.0442. The zero-order chi connectivity index (χ0) is 51.7. The fourth-order valence-corrected chi connectivity index (χ4v) is 11.2. The third-order valence-corrected chi connectivity index (χ3v) is 15.9. The molecule has 1 aliphatic carbocycles. The highest BCUT2D eigenvalue weighted by Crippen LogP contribution is 2.49. The largest absolute Gasteiger partial charge is 0.457 e. The van der Waals surface area contributed by atoms with Crippen LogP contribution in [0.15, 0.2) is 117 Å². The summed E-state index contributed by atoms with van der Waals surface area (Å²) >= 11 is 0. The van der Waals surface area contributed by atoms with Gasteiger partial charge in [0.2, 0.25) is 5.69 Å². The van der Waals surface area contributed by atoms with Crippen LogP contribution < -0.4 is 9.64 Å². The average Bonchev–Trinajstić information content (AvgIpc) is 3.80. The standard InChI is InChI=1S/C51H59N3O14S3/c1-34-15-23-42-40(32-34)50(2,3)44(52(42)29-8-6-7-14-48(57)68-54-46(55)27-28-47(54)56)25-16-35-12-11-13-36(49(35)67-37-18-20-38(21-19-37)70(61,62)63)17-26-45-51(4,5)41-33-39(71(64,65)66)22-24-43(41)53(45)30-9-10-31-69(58,59)60/h15-26,32-33H,6-14,27-31H2,1-5H3,(H2-,58,59,60,61,62,63,64,65,66)/p+1. The van der Waals surface area contributed by atoms with Gasteiger partial charge in [0.25, 0.3) is 42.2 Å². The first-order valence-electron chi connectivity index (χ1n) is 23.5. The molecule has 4 aliphatic rings. The molecule has 3 N–H and O–H groups in total. The molecule has 71 heavy (non-hydrogen) atoms. The number of carbonyl (C=O) groups is 3. The van der Waals surface area contributed by atoms with E-state index in [-0.39, 0.29) is 35.5 Å². The summed E-state index contributed by atoms with van der Waals surface area (Å²) in [7, 11) is -13.2. The maximum absolute atomic E-state index is 12.5. The van der Waals surface area contributed by atoms with E-state index >= 15 is 0 Å². The monoisotopic (exact) mass is 1030 g/mol. The van der Waals surface area contributed by atoms with Gasteiger partial charge in [-0.3, -0.25) is 23.2 Å². The SMILES string of the molecule is Cc1ccc2c(c1)C(C)(C)C(=CC=C1CCCC(C=CC3=[N+](CCCCS(=O)(=O)O)c4ccc(S(=O)(=O)O)cc4C3(C)C)=C1Oc1ccc(S(=O)(=O)O)cc1)N2CCCCCC(=O)ON1C(=O)CCC1=O. The number of hydrogen-bond acceptors (Lipinski definition) is 12. The van der Waals surface area contributed by atoms with Gasteiger partial charge in [0.15, 0.2) is 5.71 Å². The van der Waals surface area contributed by atoms with Crippen LogP contribution in [0.3, 0.4) is 0 Å². The minimum atomic E-state index is -4.55. The van der Waals surface area contributed by atoms with Gasteiger partial charge in [0.05, 0.1) is 21.0 Å². The minimum Gasteiger partial charge on any atom is -0.457 e. The van der Waals surface area contributed by atoms with E-state index in [4.69, 9.17) is 9.57 Å². The Hall–Kier alpha value is -5.77. The van der Waals surface area contributed by atoms with Crippen molar-refractivity contribution in [3.05, 3.63) is 124 Å². The van der Waals surface area contributed by atoms with Gasteiger partial charge in [0, 0.05) is 66.7 Å². The molecule has 17 nitrogen and oxygen atoms in total. The van der Waals surface area contributed by atoms with Gasteiger partial charge in [-0.2, -0.15) is 29.8 Å². The Morgan fingerprint density at radius 2 is 1.41 bits per heavy atom. The second-order valence-electron chi connectivity index (χ2n) is 19.3. The lowest BCUT2D eigenvalue weighted by atomic mass is 9.81. The Bertz CT molecular complexity index is 3130. The van der Waals surface area contributed by atoms with Crippen molar-refractivity contribution in [2.45, 2.75) is 126 Å². The van der Waals surface area contributed by atoms with Gasteiger partial charge < -0.3 is 14.5 Å². The Balaban J connectivity index is 1.24. The fraction of sp³-hybridized carbons (Fsp3) is 0.412. The minimum absolute atomic E-state index is 0.0224. The number of amides is 2.